The second-order valence-corrected chi connectivity index (χ2v) is 5.46. The first-order valence-electron chi connectivity index (χ1n) is 7.78. The van der Waals surface area contributed by atoms with Crippen LogP contribution in [-0.4, -0.2) is 18.7 Å². The summed E-state index contributed by atoms with van der Waals surface area (Å²) in [6.45, 7) is 7.63. The molecule has 0 fully saturated rings. The summed E-state index contributed by atoms with van der Waals surface area (Å²) < 4.78 is 5.93. The first kappa shape index (κ1) is 17.1. The Kier molecular flexibility index (Phi) is 8.39. The van der Waals surface area contributed by atoms with Gasteiger partial charge in [-0.05, 0) is 43.3 Å². The lowest BCUT2D eigenvalue weighted by Crippen LogP contribution is -2.29. The lowest BCUT2D eigenvalue weighted by Gasteiger charge is -2.16. The van der Waals surface area contributed by atoms with E-state index in [4.69, 9.17) is 4.74 Å². The van der Waals surface area contributed by atoms with Crippen molar-refractivity contribution in [1.82, 2.24) is 5.23 Å². The molecule has 0 unspecified atom stereocenters. The molecule has 0 atom stereocenters. The molecular weight excluding hydrogens is 249 g/mol. The number of hydrogen-bond donors (Lipinski definition) is 2. The molecular formula is C16H28BNO2. The van der Waals surface area contributed by atoms with Crippen LogP contribution in [0, 0.1) is 5.92 Å². The fourth-order valence-electron chi connectivity index (χ4n) is 2.35. The maximum atomic E-state index is 9.23. The zero-order valence-corrected chi connectivity index (χ0v) is 13.1. The van der Waals surface area contributed by atoms with E-state index in [1.54, 1.807) is 6.82 Å². The summed E-state index contributed by atoms with van der Waals surface area (Å²) in [5, 5.41) is 12.2. The van der Waals surface area contributed by atoms with Gasteiger partial charge in [0, 0.05) is 6.54 Å². The molecule has 0 radical (unpaired) electrons. The molecule has 0 bridgehead atoms. The predicted octanol–water partition coefficient (Wildman–Crippen LogP) is 3.48. The summed E-state index contributed by atoms with van der Waals surface area (Å²) in [5.74, 6) is 1.58. The van der Waals surface area contributed by atoms with Crippen LogP contribution in [-0.2, 0) is 6.54 Å². The van der Waals surface area contributed by atoms with E-state index in [-0.39, 0.29) is 0 Å². The molecule has 0 amide bonds. The van der Waals surface area contributed by atoms with Gasteiger partial charge in [-0.3, -0.25) is 0 Å². The SMILES string of the molecule is CCCC(CCC)COc1cccc(CNB(C)O)c1. The van der Waals surface area contributed by atoms with Crippen molar-refractivity contribution in [3.8, 4) is 5.75 Å². The van der Waals surface area contributed by atoms with E-state index >= 15 is 0 Å². The number of benzene rings is 1. The van der Waals surface area contributed by atoms with Crippen molar-refractivity contribution in [3.63, 3.8) is 0 Å². The summed E-state index contributed by atoms with van der Waals surface area (Å²) in [4.78, 5) is 0. The third-order valence-electron chi connectivity index (χ3n) is 3.38. The van der Waals surface area contributed by atoms with Crippen LogP contribution < -0.4 is 9.96 Å². The lowest BCUT2D eigenvalue weighted by atomic mass is 9.88. The van der Waals surface area contributed by atoms with Gasteiger partial charge >= 0.3 is 7.05 Å². The van der Waals surface area contributed by atoms with Crippen LogP contribution in [0.4, 0.5) is 0 Å². The van der Waals surface area contributed by atoms with Gasteiger partial charge in [0.25, 0.3) is 0 Å². The minimum atomic E-state index is -0.488. The Morgan fingerprint density at radius 2 is 1.95 bits per heavy atom. The standard InChI is InChI=1S/C16H28BNO2/c1-4-7-14(8-5-2)13-20-16-10-6-9-15(11-16)12-18-17(3)19/h6,9-11,14,18-19H,4-5,7-8,12-13H2,1-3H3. The minimum absolute atomic E-state index is 0.488. The molecule has 0 aromatic heterocycles. The molecule has 0 heterocycles. The summed E-state index contributed by atoms with van der Waals surface area (Å²) in [7, 11) is -0.488. The molecule has 1 rings (SSSR count). The zero-order chi connectivity index (χ0) is 14.8. The maximum absolute atomic E-state index is 9.23. The van der Waals surface area contributed by atoms with Gasteiger partial charge in [0.2, 0.25) is 0 Å². The van der Waals surface area contributed by atoms with Gasteiger partial charge in [-0.25, -0.2) is 0 Å². The monoisotopic (exact) mass is 277 g/mol. The van der Waals surface area contributed by atoms with E-state index in [0.29, 0.717) is 12.5 Å². The van der Waals surface area contributed by atoms with Gasteiger partial charge < -0.3 is 15.0 Å². The average Bonchev–Trinajstić information content (AvgIpc) is 2.43. The highest BCUT2D eigenvalue weighted by molar-refractivity contribution is 6.45. The van der Waals surface area contributed by atoms with Crippen molar-refractivity contribution in [3.05, 3.63) is 29.8 Å². The van der Waals surface area contributed by atoms with Gasteiger partial charge in [0.05, 0.1) is 6.61 Å². The Labute approximate surface area is 123 Å². The summed E-state index contributed by atoms with van der Waals surface area (Å²) in [5.41, 5.74) is 1.13. The third kappa shape index (κ3) is 6.97. The first-order valence-corrected chi connectivity index (χ1v) is 7.78. The van der Waals surface area contributed by atoms with Gasteiger partial charge in [0.1, 0.15) is 5.75 Å². The molecule has 0 aliphatic heterocycles. The smallest absolute Gasteiger partial charge is 0.373 e. The molecule has 4 heteroatoms. The Hall–Kier alpha value is -0.995. The molecule has 2 N–H and O–H groups in total. The normalized spacial score (nSPS) is 10.8. The van der Waals surface area contributed by atoms with Crippen LogP contribution in [0.5, 0.6) is 5.75 Å². The summed E-state index contributed by atoms with van der Waals surface area (Å²) >= 11 is 0. The third-order valence-corrected chi connectivity index (χ3v) is 3.38. The van der Waals surface area contributed by atoms with E-state index in [1.165, 1.54) is 25.7 Å². The number of hydrogen-bond acceptors (Lipinski definition) is 3. The Morgan fingerprint density at radius 1 is 1.25 bits per heavy atom. The summed E-state index contributed by atoms with van der Waals surface area (Å²) in [6.07, 6.45) is 4.90. The van der Waals surface area contributed by atoms with Gasteiger partial charge in [-0.1, -0.05) is 38.8 Å². The van der Waals surface area contributed by atoms with Crippen molar-refractivity contribution in [2.75, 3.05) is 6.61 Å². The quantitative estimate of drug-likeness (QED) is 0.643. The molecule has 0 aliphatic carbocycles. The highest BCUT2D eigenvalue weighted by atomic mass is 16.5. The summed E-state index contributed by atoms with van der Waals surface area (Å²) in [6, 6.07) is 8.09. The molecule has 1 aromatic rings. The molecule has 20 heavy (non-hydrogen) atoms. The van der Waals surface area contributed by atoms with Crippen molar-refractivity contribution in [2.45, 2.75) is 52.9 Å². The van der Waals surface area contributed by atoms with Crippen molar-refractivity contribution in [2.24, 2.45) is 5.92 Å². The molecule has 0 saturated carbocycles. The molecule has 0 spiro atoms. The second kappa shape index (κ2) is 9.84. The molecule has 3 nitrogen and oxygen atoms in total. The van der Waals surface area contributed by atoms with Crippen molar-refractivity contribution < 1.29 is 9.76 Å². The van der Waals surface area contributed by atoms with Crippen LogP contribution >= 0.6 is 0 Å². The maximum Gasteiger partial charge on any atom is 0.373 e. The van der Waals surface area contributed by atoms with Crippen LogP contribution in [0.3, 0.4) is 0 Å². The van der Waals surface area contributed by atoms with E-state index in [1.807, 2.05) is 24.3 Å². The van der Waals surface area contributed by atoms with Crippen molar-refractivity contribution in [1.29, 1.82) is 0 Å². The second-order valence-electron chi connectivity index (χ2n) is 5.46. The highest BCUT2D eigenvalue weighted by Crippen LogP contribution is 2.18. The zero-order valence-electron chi connectivity index (χ0n) is 13.1. The van der Waals surface area contributed by atoms with Crippen LogP contribution in [0.25, 0.3) is 0 Å². The number of rotatable bonds is 10. The Balaban J connectivity index is 2.48. The van der Waals surface area contributed by atoms with E-state index in [0.717, 1.165) is 17.9 Å². The highest BCUT2D eigenvalue weighted by Gasteiger charge is 2.08. The van der Waals surface area contributed by atoms with E-state index in [2.05, 4.69) is 19.1 Å². The Bertz CT molecular complexity index is 365. The van der Waals surface area contributed by atoms with E-state index in [9.17, 15) is 5.02 Å². The molecule has 0 aliphatic rings. The number of ether oxygens (including phenoxy) is 1. The van der Waals surface area contributed by atoms with Gasteiger partial charge in [-0.15, -0.1) is 0 Å². The average molecular weight is 277 g/mol. The van der Waals surface area contributed by atoms with Crippen LogP contribution in [0.1, 0.15) is 45.1 Å². The van der Waals surface area contributed by atoms with Crippen LogP contribution in [0.2, 0.25) is 6.82 Å². The fourth-order valence-corrected chi connectivity index (χ4v) is 2.35. The van der Waals surface area contributed by atoms with Gasteiger partial charge in [-0.2, -0.15) is 0 Å². The van der Waals surface area contributed by atoms with Crippen molar-refractivity contribution >= 4 is 7.05 Å². The lowest BCUT2D eigenvalue weighted by molar-refractivity contribution is 0.229. The van der Waals surface area contributed by atoms with E-state index < -0.39 is 7.05 Å². The van der Waals surface area contributed by atoms with Crippen LogP contribution in [0.15, 0.2) is 24.3 Å². The van der Waals surface area contributed by atoms with Gasteiger partial charge in [0.15, 0.2) is 0 Å². The Morgan fingerprint density at radius 3 is 2.55 bits per heavy atom. The first-order chi connectivity index (χ1) is 9.65. The minimum Gasteiger partial charge on any atom is -0.493 e. The molecule has 112 valence electrons. The fraction of sp³-hybridized carbons (Fsp3) is 0.625. The molecule has 0 saturated heterocycles. The largest absolute Gasteiger partial charge is 0.493 e. The molecule has 1 aromatic carbocycles. The predicted molar refractivity (Wildman–Crippen MR) is 85.9 cm³/mol. The topological polar surface area (TPSA) is 41.5 Å². The number of nitrogens with one attached hydrogen (secondary N) is 1.